The molecule has 7 nitrogen and oxygen atoms in total. The molecule has 1 aromatic rings. The van der Waals surface area contributed by atoms with Gasteiger partial charge in [-0.15, -0.1) is 0 Å². The molecule has 1 saturated heterocycles. The number of fused-ring (bicyclic) bond motifs is 1. The Kier molecular flexibility index (Phi) is 6.42. The van der Waals surface area contributed by atoms with E-state index in [2.05, 4.69) is 4.99 Å². The first-order valence-corrected chi connectivity index (χ1v) is 10.5. The van der Waals surface area contributed by atoms with Crippen LogP contribution in [0, 0.1) is 5.92 Å². The number of aliphatic imine (C=N–C) groups is 1. The van der Waals surface area contributed by atoms with Gasteiger partial charge in [0, 0.05) is 19.1 Å². The number of carbonyl (C=O) groups is 3. The van der Waals surface area contributed by atoms with E-state index in [0.29, 0.717) is 34.4 Å². The summed E-state index contributed by atoms with van der Waals surface area (Å²) in [4.78, 5) is 42.9. The predicted octanol–water partition coefficient (Wildman–Crippen LogP) is 3.46. The van der Waals surface area contributed by atoms with Gasteiger partial charge in [-0.2, -0.15) is 0 Å². The molecular formula is C21H24N2O5S. The quantitative estimate of drug-likeness (QED) is 0.540. The van der Waals surface area contributed by atoms with Crippen molar-refractivity contribution in [2.75, 3.05) is 12.4 Å². The molecule has 3 rings (SSSR count). The number of allylic oxidation sites excluding steroid dienone is 1. The summed E-state index contributed by atoms with van der Waals surface area (Å²) in [6.45, 7) is 7.29. The van der Waals surface area contributed by atoms with E-state index in [1.165, 1.54) is 18.7 Å². The maximum absolute atomic E-state index is 12.9. The van der Waals surface area contributed by atoms with Crippen molar-refractivity contribution in [1.29, 1.82) is 0 Å². The standard InChI is InChI=1S/C21H24N2O5S/c1-12(2)11-27-20(26)18-13(3)22-21-23(17(25)9-10-29-21)19(18)15-5-7-16(8-6-15)28-14(4)24/h5-8,12,19H,9-11H2,1-4H3/t19-/m1/s1. The zero-order chi connectivity index (χ0) is 21.1. The normalized spacial score (nSPS) is 19.1. The summed E-state index contributed by atoms with van der Waals surface area (Å²) in [6.07, 6.45) is 0.374. The number of esters is 2. The second kappa shape index (κ2) is 8.82. The van der Waals surface area contributed by atoms with Crippen LogP contribution in [-0.2, 0) is 19.1 Å². The molecule has 2 heterocycles. The highest BCUT2D eigenvalue weighted by Gasteiger charge is 2.41. The van der Waals surface area contributed by atoms with Crippen LogP contribution >= 0.6 is 11.8 Å². The summed E-state index contributed by atoms with van der Waals surface area (Å²) >= 11 is 1.50. The van der Waals surface area contributed by atoms with Crippen molar-refractivity contribution in [1.82, 2.24) is 4.90 Å². The van der Waals surface area contributed by atoms with Crippen LogP contribution in [0.25, 0.3) is 0 Å². The highest BCUT2D eigenvalue weighted by Crippen LogP contribution is 2.40. The Morgan fingerprint density at radius 1 is 1.28 bits per heavy atom. The number of hydrogen-bond donors (Lipinski definition) is 0. The predicted molar refractivity (Wildman–Crippen MR) is 110 cm³/mol. The van der Waals surface area contributed by atoms with Crippen LogP contribution in [0.3, 0.4) is 0 Å². The molecule has 0 saturated carbocycles. The molecular weight excluding hydrogens is 392 g/mol. The fourth-order valence-corrected chi connectivity index (χ4v) is 4.18. The lowest BCUT2D eigenvalue weighted by Crippen LogP contribution is -2.45. The van der Waals surface area contributed by atoms with Crippen molar-refractivity contribution in [3.05, 3.63) is 41.1 Å². The van der Waals surface area contributed by atoms with Crippen molar-refractivity contribution in [2.24, 2.45) is 10.9 Å². The van der Waals surface area contributed by atoms with Crippen molar-refractivity contribution >= 4 is 34.8 Å². The van der Waals surface area contributed by atoms with E-state index in [4.69, 9.17) is 9.47 Å². The van der Waals surface area contributed by atoms with Gasteiger partial charge in [-0.25, -0.2) is 9.79 Å². The van der Waals surface area contributed by atoms with Crippen LogP contribution < -0.4 is 4.74 Å². The monoisotopic (exact) mass is 416 g/mol. The fraction of sp³-hybridized carbons (Fsp3) is 0.429. The Morgan fingerprint density at radius 2 is 1.97 bits per heavy atom. The van der Waals surface area contributed by atoms with Gasteiger partial charge in [0.15, 0.2) is 5.17 Å². The molecule has 2 aliphatic rings. The third kappa shape index (κ3) is 4.70. The molecule has 8 heteroatoms. The molecule has 0 N–H and O–H groups in total. The maximum Gasteiger partial charge on any atom is 0.338 e. The van der Waals surface area contributed by atoms with Crippen LogP contribution in [0.1, 0.15) is 45.7 Å². The highest BCUT2D eigenvalue weighted by molar-refractivity contribution is 8.14. The zero-order valence-electron chi connectivity index (χ0n) is 16.9. The molecule has 1 atom stereocenters. The lowest BCUT2D eigenvalue weighted by Gasteiger charge is -2.39. The fourth-order valence-electron chi connectivity index (χ4n) is 3.18. The Bertz CT molecular complexity index is 889. The highest BCUT2D eigenvalue weighted by atomic mass is 32.2. The largest absolute Gasteiger partial charge is 0.462 e. The van der Waals surface area contributed by atoms with Crippen molar-refractivity contribution in [3.8, 4) is 5.75 Å². The molecule has 2 aliphatic heterocycles. The summed E-state index contributed by atoms with van der Waals surface area (Å²) in [5.74, 6) is 0.272. The lowest BCUT2D eigenvalue weighted by molar-refractivity contribution is -0.141. The minimum atomic E-state index is -0.631. The van der Waals surface area contributed by atoms with E-state index in [-0.39, 0.29) is 18.4 Å². The van der Waals surface area contributed by atoms with E-state index in [1.54, 1.807) is 36.1 Å². The van der Waals surface area contributed by atoms with E-state index in [1.807, 2.05) is 13.8 Å². The second-order valence-corrected chi connectivity index (χ2v) is 8.38. The van der Waals surface area contributed by atoms with Crippen molar-refractivity contribution < 1.29 is 23.9 Å². The first-order valence-electron chi connectivity index (χ1n) is 9.47. The maximum atomic E-state index is 12.9. The average Bonchev–Trinajstić information content (AvgIpc) is 2.65. The first kappa shape index (κ1) is 21.1. The topological polar surface area (TPSA) is 85.3 Å². The minimum Gasteiger partial charge on any atom is -0.462 e. The smallest absolute Gasteiger partial charge is 0.338 e. The number of nitrogens with zero attached hydrogens (tertiary/aromatic N) is 2. The van der Waals surface area contributed by atoms with Gasteiger partial charge >= 0.3 is 11.9 Å². The number of rotatable bonds is 5. The Balaban J connectivity index is 2.02. The summed E-state index contributed by atoms with van der Waals surface area (Å²) in [7, 11) is 0. The summed E-state index contributed by atoms with van der Waals surface area (Å²) in [5, 5.41) is 0.591. The van der Waals surface area contributed by atoms with Gasteiger partial charge in [-0.1, -0.05) is 37.7 Å². The van der Waals surface area contributed by atoms with E-state index < -0.39 is 18.0 Å². The van der Waals surface area contributed by atoms with Crippen LogP contribution in [0.2, 0.25) is 0 Å². The number of ether oxygens (including phenoxy) is 2. The number of benzene rings is 1. The van der Waals surface area contributed by atoms with Gasteiger partial charge in [0.2, 0.25) is 5.91 Å². The van der Waals surface area contributed by atoms with E-state index in [9.17, 15) is 14.4 Å². The molecule has 1 fully saturated rings. The molecule has 0 spiro atoms. The first-order chi connectivity index (χ1) is 13.8. The molecule has 0 unspecified atom stereocenters. The summed E-state index contributed by atoms with van der Waals surface area (Å²) in [5.41, 5.74) is 1.62. The van der Waals surface area contributed by atoms with Crippen molar-refractivity contribution in [3.63, 3.8) is 0 Å². The number of thioether (sulfide) groups is 1. The van der Waals surface area contributed by atoms with Gasteiger partial charge in [0.1, 0.15) is 5.75 Å². The zero-order valence-corrected chi connectivity index (χ0v) is 17.7. The summed E-state index contributed by atoms with van der Waals surface area (Å²) in [6, 6.07) is 6.17. The molecule has 0 bridgehead atoms. The number of amidine groups is 1. The second-order valence-electron chi connectivity index (χ2n) is 7.31. The van der Waals surface area contributed by atoms with Crippen LogP contribution in [-0.4, -0.2) is 40.3 Å². The van der Waals surface area contributed by atoms with E-state index in [0.717, 1.165) is 5.56 Å². The molecule has 0 aliphatic carbocycles. The molecule has 1 amide bonds. The van der Waals surface area contributed by atoms with Gasteiger partial charge in [-0.3, -0.25) is 14.5 Å². The Labute approximate surface area is 174 Å². The van der Waals surface area contributed by atoms with E-state index >= 15 is 0 Å². The molecule has 29 heavy (non-hydrogen) atoms. The molecule has 1 aromatic carbocycles. The van der Waals surface area contributed by atoms with Gasteiger partial charge in [0.25, 0.3) is 0 Å². The lowest BCUT2D eigenvalue weighted by atomic mass is 9.94. The molecule has 0 radical (unpaired) electrons. The van der Waals surface area contributed by atoms with Crippen LogP contribution in [0.4, 0.5) is 0 Å². The van der Waals surface area contributed by atoms with Gasteiger partial charge < -0.3 is 9.47 Å². The number of hydrogen-bond acceptors (Lipinski definition) is 7. The molecule has 0 aromatic heterocycles. The number of carbonyl (C=O) groups excluding carboxylic acids is 3. The van der Waals surface area contributed by atoms with Crippen LogP contribution in [0.5, 0.6) is 5.75 Å². The average molecular weight is 416 g/mol. The van der Waals surface area contributed by atoms with Gasteiger partial charge in [0.05, 0.1) is 23.9 Å². The SMILES string of the molecule is CC(=O)Oc1ccc([C@@H]2C(C(=O)OCC(C)C)=C(C)N=C3SCCC(=O)N32)cc1. The third-order valence-corrected chi connectivity index (χ3v) is 5.39. The summed E-state index contributed by atoms with van der Waals surface area (Å²) < 4.78 is 10.6. The Morgan fingerprint density at radius 3 is 2.59 bits per heavy atom. The number of amides is 1. The van der Waals surface area contributed by atoms with Crippen molar-refractivity contribution in [2.45, 2.75) is 40.2 Å². The van der Waals surface area contributed by atoms with Gasteiger partial charge in [-0.05, 0) is 30.5 Å². The minimum absolute atomic E-state index is 0.0850. The Hall–Kier alpha value is -2.61. The molecule has 154 valence electrons. The third-order valence-electron chi connectivity index (χ3n) is 4.43. The van der Waals surface area contributed by atoms with Crippen LogP contribution in [0.15, 0.2) is 40.5 Å².